The van der Waals surface area contributed by atoms with Gasteiger partial charge in [-0.3, -0.25) is 14.7 Å². The Bertz CT molecular complexity index is 2640. The van der Waals surface area contributed by atoms with Gasteiger partial charge in [-0.1, -0.05) is 6.07 Å². The second-order valence-corrected chi connectivity index (χ2v) is 12.6. The van der Waals surface area contributed by atoms with Crippen LogP contribution in [0.3, 0.4) is 0 Å². The predicted molar refractivity (Wildman–Crippen MR) is 194 cm³/mol. The summed E-state index contributed by atoms with van der Waals surface area (Å²) < 4.78 is 32.9. The van der Waals surface area contributed by atoms with Crippen LogP contribution in [0.25, 0.3) is 10.8 Å². The number of phenols is 3. The zero-order valence-electron chi connectivity index (χ0n) is 27.7. The second kappa shape index (κ2) is 16.9. The third-order valence-corrected chi connectivity index (χ3v) is 8.41. The molecular weight excluding hydrogens is 786 g/mol. The van der Waals surface area contributed by atoms with E-state index < -0.39 is 32.2 Å². The molecule has 0 unspecified atom stereocenters. The fourth-order valence-corrected chi connectivity index (χ4v) is 5.44. The molecule has 6 rings (SSSR count). The molecule has 0 saturated heterocycles. The molecule has 6 aromatic rings. The van der Waals surface area contributed by atoms with Gasteiger partial charge in [0.05, 0.1) is 40.0 Å². The van der Waals surface area contributed by atoms with E-state index in [0.717, 1.165) is 12.1 Å². The van der Waals surface area contributed by atoms with Crippen LogP contribution in [0.4, 0.5) is 51.2 Å². The van der Waals surface area contributed by atoms with E-state index in [1.807, 2.05) is 0 Å². The van der Waals surface area contributed by atoms with Gasteiger partial charge in [-0.2, -0.15) is 34.0 Å². The number of nitro benzene ring substituents is 1. The largest absolute Gasteiger partial charge is 0.508 e. The molecular formula is C35H25CuN9O9S. The monoisotopic (exact) mass is 810 g/mol. The summed E-state index contributed by atoms with van der Waals surface area (Å²) in [4.78, 5) is 9.40. The van der Waals surface area contributed by atoms with E-state index in [0.29, 0.717) is 33.9 Å². The number of aliphatic hydroxyl groups excluding tert-OH is 1. The van der Waals surface area contributed by atoms with E-state index in [1.165, 1.54) is 54.6 Å². The van der Waals surface area contributed by atoms with Gasteiger partial charge >= 0.3 is 0 Å². The molecule has 18 nitrogen and oxygen atoms in total. The summed E-state index contributed by atoms with van der Waals surface area (Å²) in [7, 11) is -4.83. The van der Waals surface area contributed by atoms with Gasteiger partial charge in [0, 0.05) is 46.2 Å². The van der Waals surface area contributed by atoms with Crippen molar-refractivity contribution < 1.29 is 55.4 Å². The molecule has 0 saturated carbocycles. The van der Waals surface area contributed by atoms with Crippen LogP contribution in [0.15, 0.2) is 155 Å². The number of fused-ring (bicyclic) bond motifs is 1. The van der Waals surface area contributed by atoms with E-state index in [-0.39, 0.29) is 68.3 Å². The van der Waals surface area contributed by atoms with Crippen molar-refractivity contribution >= 4 is 72.1 Å². The van der Waals surface area contributed by atoms with Crippen molar-refractivity contribution in [3.8, 4) is 17.2 Å². The number of benzene rings is 6. The number of azo groups is 4. The Morgan fingerprint density at radius 3 is 1.73 bits per heavy atom. The number of hydrogen-bond acceptors (Lipinski definition) is 16. The van der Waals surface area contributed by atoms with Crippen LogP contribution in [-0.2, 0) is 33.8 Å². The summed E-state index contributed by atoms with van der Waals surface area (Å²) in [5, 5.41) is 85.5. The van der Waals surface area contributed by atoms with E-state index in [9.17, 15) is 43.5 Å². The minimum absolute atomic E-state index is 0. The molecule has 0 spiro atoms. The average Bonchev–Trinajstić information content (AvgIpc) is 3.16. The van der Waals surface area contributed by atoms with Crippen molar-refractivity contribution in [3.05, 3.63) is 125 Å². The molecule has 20 heteroatoms. The summed E-state index contributed by atoms with van der Waals surface area (Å²) in [6.45, 7) is -0.488. The fourth-order valence-electron chi connectivity index (χ4n) is 4.80. The molecule has 0 bridgehead atoms. The Morgan fingerprint density at radius 2 is 1.11 bits per heavy atom. The summed E-state index contributed by atoms with van der Waals surface area (Å²) in [6, 6.07) is 25.8. The van der Waals surface area contributed by atoms with Crippen molar-refractivity contribution in [2.45, 2.75) is 11.5 Å². The zero-order chi connectivity index (χ0) is 38.4. The number of hydrogen-bond donors (Lipinski definition) is 5. The average molecular weight is 811 g/mol. The number of phenolic OH excluding ortho intramolecular Hbond substituents is 3. The van der Waals surface area contributed by atoms with E-state index in [1.54, 1.807) is 36.4 Å². The maximum atomic E-state index is 11.7. The van der Waals surface area contributed by atoms with Crippen molar-refractivity contribution in [3.63, 3.8) is 0 Å². The minimum atomic E-state index is -4.83. The van der Waals surface area contributed by atoms with Crippen molar-refractivity contribution in [1.29, 1.82) is 0 Å². The van der Waals surface area contributed by atoms with Crippen LogP contribution in [0.1, 0.15) is 5.56 Å². The SMILES string of the molecule is O=[N+]([O-])c1ccc(N=Nc2ccc(N=Nc3cc(O)c(N=Nc4ccc5cc(N=Nc6ccc(O)cc6)ccc5c4O)cc3CO)cc2)c(S(=O)(=O)O)c1.[Cu]. The van der Waals surface area contributed by atoms with Gasteiger partial charge in [0.1, 0.15) is 33.5 Å². The maximum Gasteiger partial charge on any atom is 0.297 e. The first-order valence-corrected chi connectivity index (χ1v) is 16.9. The van der Waals surface area contributed by atoms with E-state index in [2.05, 4.69) is 40.9 Å². The van der Waals surface area contributed by atoms with Crippen LogP contribution >= 0.6 is 0 Å². The van der Waals surface area contributed by atoms with Crippen molar-refractivity contribution in [1.82, 2.24) is 0 Å². The Morgan fingerprint density at radius 1 is 0.582 bits per heavy atom. The smallest absolute Gasteiger partial charge is 0.297 e. The molecule has 0 aromatic heterocycles. The van der Waals surface area contributed by atoms with Gasteiger partial charge < -0.3 is 20.4 Å². The third-order valence-electron chi connectivity index (χ3n) is 7.52. The summed E-state index contributed by atoms with van der Waals surface area (Å²) >= 11 is 0. The van der Waals surface area contributed by atoms with Crippen LogP contribution in [0.5, 0.6) is 17.2 Å². The zero-order valence-corrected chi connectivity index (χ0v) is 29.5. The summed E-state index contributed by atoms with van der Waals surface area (Å²) in [5.41, 5.74) is 1.26. The van der Waals surface area contributed by atoms with Crippen molar-refractivity contribution in [2.75, 3.05) is 0 Å². The van der Waals surface area contributed by atoms with Crippen LogP contribution in [0, 0.1) is 10.1 Å². The van der Waals surface area contributed by atoms with Gasteiger partial charge in [-0.05, 0) is 90.3 Å². The first-order chi connectivity index (χ1) is 25.9. The normalized spacial score (nSPS) is 12.0. The summed E-state index contributed by atoms with van der Waals surface area (Å²) in [6.07, 6.45) is 0. The molecule has 0 amide bonds. The van der Waals surface area contributed by atoms with E-state index >= 15 is 0 Å². The molecule has 1 radical (unpaired) electrons. The summed E-state index contributed by atoms with van der Waals surface area (Å²) in [5.74, 6) is -0.377. The van der Waals surface area contributed by atoms with Crippen LogP contribution < -0.4 is 0 Å². The number of non-ortho nitro benzene ring substituents is 1. The predicted octanol–water partition coefficient (Wildman–Crippen LogP) is 10.3. The number of rotatable bonds is 11. The number of nitrogens with zero attached hydrogens (tertiary/aromatic N) is 9. The Balaban J connectivity index is 0.00000580. The Labute approximate surface area is 321 Å². The standard InChI is InChI=1S/C35H25N9O9S.Cu/c45-19-21-16-32(43-41-30-13-1-20-15-25(8-12-28(20)35(30)48)39-36-24-6-10-27(46)11-7-24)33(47)18-31(21)42-38-23-4-2-22(3-5-23)37-40-29-14-9-26(44(49)50)17-34(29)54(51,52)53;/h1-18,45-48H,19H2,(H,51,52,53);. The molecule has 0 heterocycles. The molecule has 0 atom stereocenters. The topological polar surface area (TPSA) is 277 Å². The number of aliphatic hydroxyl groups is 1. The van der Waals surface area contributed by atoms with Crippen LogP contribution in [-0.4, -0.2) is 38.3 Å². The molecule has 6 aromatic carbocycles. The minimum Gasteiger partial charge on any atom is -0.508 e. The molecule has 0 aliphatic rings. The first kappa shape index (κ1) is 39.4. The first-order valence-electron chi connectivity index (χ1n) is 15.4. The maximum absolute atomic E-state index is 11.7. The molecule has 0 fully saturated rings. The van der Waals surface area contributed by atoms with Gasteiger partial charge in [0.15, 0.2) is 5.75 Å². The second-order valence-electron chi connectivity index (χ2n) is 11.2. The van der Waals surface area contributed by atoms with Gasteiger partial charge in [0.25, 0.3) is 15.8 Å². The van der Waals surface area contributed by atoms with Gasteiger partial charge in [0.2, 0.25) is 0 Å². The van der Waals surface area contributed by atoms with Crippen molar-refractivity contribution in [2.24, 2.45) is 40.9 Å². The van der Waals surface area contributed by atoms with Gasteiger partial charge in [-0.25, -0.2) is 0 Å². The molecule has 55 heavy (non-hydrogen) atoms. The number of nitro groups is 1. The third kappa shape index (κ3) is 9.59. The van der Waals surface area contributed by atoms with Gasteiger partial charge in [-0.15, -0.1) is 15.3 Å². The quantitative estimate of drug-likeness (QED) is 0.0273. The van der Waals surface area contributed by atoms with E-state index in [4.69, 9.17) is 0 Å². The Kier molecular flexibility index (Phi) is 12.1. The number of aromatic hydroxyl groups is 3. The fraction of sp³-hybridized carbons (Fsp3) is 0.0286. The molecule has 281 valence electrons. The Hall–Kier alpha value is -6.83. The molecule has 0 aliphatic heterocycles. The van der Waals surface area contributed by atoms with Crippen LogP contribution in [0.2, 0.25) is 0 Å². The molecule has 5 N–H and O–H groups in total. The molecule has 0 aliphatic carbocycles.